The third-order valence-electron chi connectivity index (χ3n) is 6.64. The summed E-state index contributed by atoms with van der Waals surface area (Å²) >= 11 is 0. The number of hydrogen-bond acceptors (Lipinski definition) is 2. The van der Waals surface area contributed by atoms with Crippen LogP contribution in [-0.4, -0.2) is 19.3 Å². The van der Waals surface area contributed by atoms with E-state index in [1.807, 2.05) is 6.92 Å². The fourth-order valence-corrected chi connectivity index (χ4v) is 4.81. The molecule has 0 radical (unpaired) electrons. The highest BCUT2D eigenvalue weighted by Gasteiger charge is 2.32. The Bertz CT molecular complexity index is 657. The Morgan fingerprint density at radius 3 is 2.41 bits per heavy atom. The molecule has 2 unspecified atom stereocenters. The number of benzene rings is 1. The van der Waals surface area contributed by atoms with E-state index in [-0.39, 0.29) is 17.8 Å². The Hall–Kier alpha value is -1.42. The lowest BCUT2D eigenvalue weighted by molar-refractivity contribution is -0.0150. The smallest absolute Gasteiger partial charge is 0.200 e. The van der Waals surface area contributed by atoms with Gasteiger partial charge in [-0.1, -0.05) is 38.5 Å². The van der Waals surface area contributed by atoms with Crippen LogP contribution in [-0.2, 0) is 4.74 Å². The standard InChI is InChI=1S/C25H36F2O2/c1-3-5-7-21-13-12-20(17-29-21)18-8-10-19(11-9-18)22-14-15-23(25(27)24(22)26)28-16-6-4-2/h5,7,14-15,18-21H,3-4,6,8-13,16-17H2,1-2H3/b7-5+. The average molecular weight is 407 g/mol. The zero-order chi connectivity index (χ0) is 20.6. The number of unbranched alkanes of at least 4 members (excludes halogenated alkanes) is 1. The second kappa shape index (κ2) is 11.1. The van der Waals surface area contributed by atoms with Crippen molar-refractivity contribution in [2.75, 3.05) is 13.2 Å². The van der Waals surface area contributed by atoms with E-state index < -0.39 is 11.6 Å². The molecule has 2 fully saturated rings. The van der Waals surface area contributed by atoms with Crippen LogP contribution in [0, 0.1) is 23.5 Å². The molecule has 2 aliphatic rings. The van der Waals surface area contributed by atoms with Gasteiger partial charge in [0.15, 0.2) is 11.6 Å². The molecule has 1 heterocycles. The first-order chi connectivity index (χ1) is 14.1. The molecule has 1 saturated heterocycles. The predicted molar refractivity (Wildman–Crippen MR) is 113 cm³/mol. The monoisotopic (exact) mass is 406 g/mol. The molecule has 1 aromatic carbocycles. The first-order valence-corrected chi connectivity index (χ1v) is 11.5. The minimum absolute atomic E-state index is 0.0411. The van der Waals surface area contributed by atoms with Gasteiger partial charge in [0.05, 0.1) is 19.3 Å². The van der Waals surface area contributed by atoms with Gasteiger partial charge in [0.2, 0.25) is 5.82 Å². The Labute approximate surface area is 174 Å². The van der Waals surface area contributed by atoms with Gasteiger partial charge in [0, 0.05) is 0 Å². The lowest BCUT2D eigenvalue weighted by atomic mass is 9.72. The summed E-state index contributed by atoms with van der Waals surface area (Å²) in [5, 5.41) is 0. The average Bonchev–Trinajstić information content (AvgIpc) is 2.76. The number of allylic oxidation sites excluding steroid dienone is 1. The number of halogens is 2. The number of hydrogen-bond donors (Lipinski definition) is 0. The maximum Gasteiger partial charge on any atom is 0.200 e. The fourth-order valence-electron chi connectivity index (χ4n) is 4.81. The second-order valence-corrected chi connectivity index (χ2v) is 8.64. The maximum absolute atomic E-state index is 14.7. The van der Waals surface area contributed by atoms with E-state index in [2.05, 4.69) is 19.1 Å². The Morgan fingerprint density at radius 2 is 1.76 bits per heavy atom. The summed E-state index contributed by atoms with van der Waals surface area (Å²) in [6, 6.07) is 3.34. The molecule has 0 amide bonds. The minimum atomic E-state index is -0.826. The summed E-state index contributed by atoms with van der Waals surface area (Å²) in [5.74, 6) is -0.138. The van der Waals surface area contributed by atoms with Crippen LogP contribution in [0.25, 0.3) is 0 Å². The van der Waals surface area contributed by atoms with Gasteiger partial charge in [-0.05, 0) is 80.8 Å². The lowest BCUT2D eigenvalue weighted by Crippen LogP contribution is -2.31. The molecule has 1 aliphatic carbocycles. The van der Waals surface area contributed by atoms with Gasteiger partial charge in [-0.15, -0.1) is 0 Å². The summed E-state index contributed by atoms with van der Waals surface area (Å²) < 4.78 is 40.5. The van der Waals surface area contributed by atoms with Gasteiger partial charge in [0.1, 0.15) is 0 Å². The normalized spacial score (nSPS) is 28.0. The molecule has 162 valence electrons. The summed E-state index contributed by atoms with van der Waals surface area (Å²) in [4.78, 5) is 0. The van der Waals surface area contributed by atoms with Crippen LogP contribution in [0.4, 0.5) is 8.78 Å². The third kappa shape index (κ3) is 5.81. The van der Waals surface area contributed by atoms with Crippen molar-refractivity contribution >= 4 is 0 Å². The minimum Gasteiger partial charge on any atom is -0.490 e. The zero-order valence-corrected chi connectivity index (χ0v) is 18.0. The van der Waals surface area contributed by atoms with E-state index in [4.69, 9.17) is 9.47 Å². The Morgan fingerprint density at radius 1 is 1.00 bits per heavy atom. The van der Waals surface area contributed by atoms with Crippen LogP contribution in [0.5, 0.6) is 5.75 Å². The van der Waals surface area contributed by atoms with E-state index in [1.165, 1.54) is 6.42 Å². The quantitative estimate of drug-likeness (QED) is 0.336. The number of ether oxygens (including phenoxy) is 2. The van der Waals surface area contributed by atoms with Gasteiger partial charge in [0.25, 0.3) is 0 Å². The molecule has 0 aromatic heterocycles. The van der Waals surface area contributed by atoms with Crippen LogP contribution >= 0.6 is 0 Å². The highest BCUT2D eigenvalue weighted by Crippen LogP contribution is 2.42. The molecule has 1 aromatic rings. The van der Waals surface area contributed by atoms with E-state index in [9.17, 15) is 8.78 Å². The van der Waals surface area contributed by atoms with Crippen molar-refractivity contribution in [1.82, 2.24) is 0 Å². The van der Waals surface area contributed by atoms with Gasteiger partial charge in [-0.2, -0.15) is 4.39 Å². The van der Waals surface area contributed by atoms with Crippen molar-refractivity contribution in [1.29, 1.82) is 0 Å². The largest absolute Gasteiger partial charge is 0.490 e. The summed E-state index contributed by atoms with van der Waals surface area (Å²) in [6.07, 6.45) is 13.8. The number of rotatable bonds is 8. The maximum atomic E-state index is 14.7. The first kappa shape index (κ1) is 22.3. The zero-order valence-electron chi connectivity index (χ0n) is 18.0. The summed E-state index contributed by atoms with van der Waals surface area (Å²) in [6.45, 7) is 5.44. The van der Waals surface area contributed by atoms with Gasteiger partial charge in [-0.3, -0.25) is 0 Å². The fraction of sp³-hybridized carbons (Fsp3) is 0.680. The highest BCUT2D eigenvalue weighted by atomic mass is 19.2. The molecule has 0 N–H and O–H groups in total. The summed E-state index contributed by atoms with van der Waals surface area (Å²) in [5.41, 5.74) is 0.522. The van der Waals surface area contributed by atoms with Gasteiger partial charge in [-0.25, -0.2) is 4.39 Å². The highest BCUT2D eigenvalue weighted by molar-refractivity contribution is 5.33. The van der Waals surface area contributed by atoms with Crippen molar-refractivity contribution in [3.8, 4) is 5.75 Å². The van der Waals surface area contributed by atoms with Crippen molar-refractivity contribution in [2.24, 2.45) is 11.8 Å². The molecular weight excluding hydrogens is 370 g/mol. The van der Waals surface area contributed by atoms with E-state index in [1.54, 1.807) is 12.1 Å². The van der Waals surface area contributed by atoms with Gasteiger partial charge < -0.3 is 9.47 Å². The van der Waals surface area contributed by atoms with Crippen LogP contribution in [0.2, 0.25) is 0 Å². The van der Waals surface area contributed by atoms with E-state index >= 15 is 0 Å². The van der Waals surface area contributed by atoms with Crippen molar-refractivity contribution < 1.29 is 18.3 Å². The van der Waals surface area contributed by atoms with Crippen molar-refractivity contribution in [3.05, 3.63) is 41.5 Å². The van der Waals surface area contributed by atoms with Crippen molar-refractivity contribution in [2.45, 2.75) is 83.7 Å². The van der Waals surface area contributed by atoms with Crippen molar-refractivity contribution in [3.63, 3.8) is 0 Å². The van der Waals surface area contributed by atoms with E-state index in [0.29, 0.717) is 24.0 Å². The van der Waals surface area contributed by atoms with E-state index in [0.717, 1.165) is 58.0 Å². The third-order valence-corrected chi connectivity index (χ3v) is 6.64. The molecule has 1 aliphatic heterocycles. The van der Waals surface area contributed by atoms with Crippen LogP contribution in [0.1, 0.15) is 83.1 Å². The molecule has 4 heteroatoms. The molecule has 0 bridgehead atoms. The van der Waals surface area contributed by atoms with Crippen LogP contribution < -0.4 is 4.74 Å². The molecular formula is C25H36F2O2. The Balaban J connectivity index is 1.52. The SMILES string of the molecule is CC/C=C/C1CCC(C2CCC(c3ccc(OCCCC)c(F)c3F)CC2)CO1. The van der Waals surface area contributed by atoms with Crippen LogP contribution in [0.15, 0.2) is 24.3 Å². The second-order valence-electron chi connectivity index (χ2n) is 8.64. The summed E-state index contributed by atoms with van der Waals surface area (Å²) in [7, 11) is 0. The van der Waals surface area contributed by atoms with Gasteiger partial charge >= 0.3 is 0 Å². The molecule has 2 atom stereocenters. The molecule has 29 heavy (non-hydrogen) atoms. The Kier molecular flexibility index (Phi) is 8.53. The first-order valence-electron chi connectivity index (χ1n) is 11.5. The molecule has 1 saturated carbocycles. The predicted octanol–water partition coefficient (Wildman–Crippen LogP) is 7.18. The molecule has 3 rings (SSSR count). The van der Waals surface area contributed by atoms with Crippen LogP contribution in [0.3, 0.4) is 0 Å². The lowest BCUT2D eigenvalue weighted by Gasteiger charge is -2.37. The molecule has 2 nitrogen and oxygen atoms in total. The topological polar surface area (TPSA) is 18.5 Å². The molecule has 0 spiro atoms.